The molecule has 274 valence electrons. The fraction of sp³-hybridized carbons (Fsp3) is 0.426. The van der Waals surface area contributed by atoms with E-state index in [0.29, 0.717) is 23.9 Å². The Morgan fingerprint density at radius 1 is 0.712 bits per heavy atom. The Kier molecular flexibility index (Phi) is 15.7. The molecule has 4 nitrogen and oxygen atoms in total. The van der Waals surface area contributed by atoms with Crippen LogP contribution in [-0.4, -0.2) is 29.3 Å². The highest BCUT2D eigenvalue weighted by atomic mass is 32.1. The predicted molar refractivity (Wildman–Crippen MR) is 220 cm³/mol. The molecular weight excluding hydrogens is 657 g/mol. The molecule has 2 N–H and O–H groups in total. The molecule has 0 bridgehead atoms. The summed E-state index contributed by atoms with van der Waals surface area (Å²) in [5.41, 5.74) is 3.73. The van der Waals surface area contributed by atoms with Crippen LogP contribution in [0.25, 0.3) is 0 Å². The highest BCUT2D eigenvalue weighted by molar-refractivity contribution is 7.80. The zero-order valence-electron chi connectivity index (χ0n) is 31.1. The average Bonchev–Trinajstić information content (AvgIpc) is 3.19. The largest absolute Gasteiger partial charge is 0.368 e. The quantitative estimate of drug-likeness (QED) is 0.0544. The number of amides is 1. The maximum absolute atomic E-state index is 15.1. The van der Waals surface area contributed by atoms with Gasteiger partial charge in [0.1, 0.15) is 11.8 Å². The number of unbranched alkanes of at least 4 members (excludes halogenated alkanes) is 4. The minimum absolute atomic E-state index is 0.0230. The van der Waals surface area contributed by atoms with Crippen LogP contribution in [0, 0.1) is 11.8 Å². The summed E-state index contributed by atoms with van der Waals surface area (Å²) in [6.45, 7) is 2.78. The molecule has 0 aliphatic heterocycles. The second-order valence-electron chi connectivity index (χ2n) is 14.7. The number of ketones is 1. The van der Waals surface area contributed by atoms with Crippen molar-refractivity contribution < 1.29 is 9.59 Å². The molecule has 1 aliphatic carbocycles. The van der Waals surface area contributed by atoms with Crippen LogP contribution in [-0.2, 0) is 21.4 Å². The molecule has 0 heterocycles. The van der Waals surface area contributed by atoms with Crippen molar-refractivity contribution in [3.8, 4) is 0 Å². The Bertz CT molecular complexity index is 1540. The van der Waals surface area contributed by atoms with Gasteiger partial charge in [-0.1, -0.05) is 205 Å². The fourth-order valence-electron chi connectivity index (χ4n) is 8.11. The van der Waals surface area contributed by atoms with Gasteiger partial charge in [-0.2, -0.15) is 0 Å². The van der Waals surface area contributed by atoms with Crippen LogP contribution in [0.2, 0.25) is 0 Å². The standard InChI is InChI=1S/C47H58N2O2S/c1-2-3-4-5-21-32-42(46(52)49-43(35-38-24-13-7-14-25-38)45(51)48-34-33-37-22-11-6-12-23-37)44(50)36-47(39-26-15-8-16-27-39,40-28-17-9-18-29-40)41-30-19-10-20-31-41/h6,8-12,15-20,22-23,26-31,38,42-43H,2-5,7,13-14,21,24-25,32-36H2,1H3,(H,48,51)(H,49,52)/t42?,43-/m0/s1. The summed E-state index contributed by atoms with van der Waals surface area (Å²) in [5.74, 6) is 0.0766. The number of nitrogens with one attached hydrogen (secondary N) is 2. The van der Waals surface area contributed by atoms with Crippen molar-refractivity contribution in [1.29, 1.82) is 0 Å². The third kappa shape index (κ3) is 11.0. The predicted octanol–water partition coefficient (Wildman–Crippen LogP) is 10.6. The summed E-state index contributed by atoms with van der Waals surface area (Å²) >= 11 is 6.23. The van der Waals surface area contributed by atoms with E-state index in [1.165, 1.54) is 31.2 Å². The van der Waals surface area contributed by atoms with Crippen molar-refractivity contribution in [3.05, 3.63) is 144 Å². The number of hydrogen-bond donors (Lipinski definition) is 2. The first kappa shape index (κ1) is 39.1. The van der Waals surface area contributed by atoms with E-state index < -0.39 is 17.4 Å². The molecule has 1 aliphatic rings. The highest BCUT2D eigenvalue weighted by Crippen LogP contribution is 2.43. The second-order valence-corrected chi connectivity index (χ2v) is 15.2. The molecule has 0 radical (unpaired) electrons. The summed E-state index contributed by atoms with van der Waals surface area (Å²) in [7, 11) is 0. The molecule has 4 aromatic rings. The molecule has 5 rings (SSSR count). The van der Waals surface area contributed by atoms with E-state index in [1.54, 1.807) is 0 Å². The van der Waals surface area contributed by atoms with Crippen LogP contribution in [0.15, 0.2) is 121 Å². The zero-order chi connectivity index (χ0) is 36.4. The first-order chi connectivity index (χ1) is 25.5. The SMILES string of the molecule is CCCCCCCC(C(=O)CC(c1ccccc1)(c1ccccc1)c1ccccc1)C(=S)N[C@@H](CC1CCCCC1)C(=O)NCCc1ccccc1. The fourth-order valence-corrected chi connectivity index (χ4v) is 8.50. The first-order valence-corrected chi connectivity index (χ1v) is 20.2. The van der Waals surface area contributed by atoms with Crippen LogP contribution in [0.4, 0.5) is 0 Å². The van der Waals surface area contributed by atoms with Gasteiger partial charge in [0.15, 0.2) is 0 Å². The summed E-state index contributed by atoms with van der Waals surface area (Å²) in [6, 6.07) is 41.1. The van der Waals surface area contributed by atoms with Gasteiger partial charge in [-0.3, -0.25) is 9.59 Å². The Morgan fingerprint density at radius 3 is 1.77 bits per heavy atom. The van der Waals surface area contributed by atoms with E-state index in [0.717, 1.165) is 68.1 Å². The average molecular weight is 715 g/mol. The van der Waals surface area contributed by atoms with E-state index in [4.69, 9.17) is 12.2 Å². The third-order valence-corrected chi connectivity index (χ3v) is 11.4. The molecule has 1 fully saturated rings. The van der Waals surface area contributed by atoms with Crippen LogP contribution in [0.5, 0.6) is 0 Å². The minimum atomic E-state index is -0.701. The smallest absolute Gasteiger partial charge is 0.242 e. The van der Waals surface area contributed by atoms with E-state index in [1.807, 2.05) is 36.4 Å². The number of carbonyl (C=O) groups excluding carboxylic acids is 2. The van der Waals surface area contributed by atoms with Crippen molar-refractivity contribution in [2.75, 3.05) is 6.54 Å². The Labute approximate surface area is 318 Å². The van der Waals surface area contributed by atoms with Gasteiger partial charge in [0.25, 0.3) is 0 Å². The lowest BCUT2D eigenvalue weighted by Gasteiger charge is -2.37. The number of carbonyl (C=O) groups is 2. The summed E-state index contributed by atoms with van der Waals surface area (Å²) in [5, 5.41) is 6.77. The number of benzene rings is 4. The van der Waals surface area contributed by atoms with Gasteiger partial charge in [-0.15, -0.1) is 0 Å². The van der Waals surface area contributed by atoms with Crippen LogP contribution in [0.1, 0.15) is 113 Å². The monoisotopic (exact) mass is 714 g/mol. The van der Waals surface area contributed by atoms with Crippen molar-refractivity contribution in [2.24, 2.45) is 11.8 Å². The van der Waals surface area contributed by atoms with Gasteiger partial charge in [0.2, 0.25) is 5.91 Å². The molecule has 52 heavy (non-hydrogen) atoms. The van der Waals surface area contributed by atoms with Crippen LogP contribution in [0.3, 0.4) is 0 Å². The molecule has 1 amide bonds. The Hall–Kier alpha value is -4.09. The molecule has 0 aromatic heterocycles. The molecule has 1 unspecified atom stereocenters. The summed E-state index contributed by atoms with van der Waals surface area (Å²) in [6.07, 6.45) is 13.9. The van der Waals surface area contributed by atoms with Crippen molar-refractivity contribution in [1.82, 2.24) is 10.6 Å². The summed E-state index contributed by atoms with van der Waals surface area (Å²) < 4.78 is 0. The number of rotatable bonds is 20. The van der Waals surface area contributed by atoms with Crippen molar-refractivity contribution in [3.63, 3.8) is 0 Å². The molecule has 0 saturated heterocycles. The van der Waals surface area contributed by atoms with Crippen LogP contribution < -0.4 is 10.6 Å². The third-order valence-electron chi connectivity index (χ3n) is 11.0. The minimum Gasteiger partial charge on any atom is -0.368 e. The van der Waals surface area contributed by atoms with E-state index in [2.05, 4.69) is 102 Å². The topological polar surface area (TPSA) is 58.2 Å². The maximum Gasteiger partial charge on any atom is 0.242 e. The lowest BCUT2D eigenvalue weighted by molar-refractivity contribution is -0.124. The van der Waals surface area contributed by atoms with E-state index >= 15 is 4.79 Å². The van der Waals surface area contributed by atoms with E-state index in [9.17, 15) is 4.79 Å². The van der Waals surface area contributed by atoms with Gasteiger partial charge in [0.05, 0.1) is 16.3 Å². The molecule has 1 saturated carbocycles. The van der Waals surface area contributed by atoms with Gasteiger partial charge in [-0.05, 0) is 47.4 Å². The lowest BCUT2D eigenvalue weighted by atomic mass is 9.65. The maximum atomic E-state index is 15.1. The zero-order valence-corrected chi connectivity index (χ0v) is 31.9. The van der Waals surface area contributed by atoms with Crippen molar-refractivity contribution in [2.45, 2.75) is 108 Å². The lowest BCUT2D eigenvalue weighted by Crippen LogP contribution is -2.50. The Morgan fingerprint density at radius 2 is 1.23 bits per heavy atom. The molecule has 4 aromatic carbocycles. The molecule has 0 spiro atoms. The van der Waals surface area contributed by atoms with Gasteiger partial charge in [-0.25, -0.2) is 0 Å². The molecule has 5 heteroatoms. The van der Waals surface area contributed by atoms with Crippen molar-refractivity contribution >= 4 is 28.9 Å². The van der Waals surface area contributed by atoms with E-state index in [-0.39, 0.29) is 18.1 Å². The first-order valence-electron chi connectivity index (χ1n) is 19.8. The second kappa shape index (κ2) is 20.8. The van der Waals surface area contributed by atoms with Gasteiger partial charge in [0, 0.05) is 13.0 Å². The number of thiocarbonyl (C=S) groups is 1. The Balaban J connectivity index is 1.43. The molecule has 2 atom stereocenters. The normalized spacial score (nSPS) is 14.6. The van der Waals surface area contributed by atoms with Gasteiger partial charge < -0.3 is 10.6 Å². The number of hydrogen-bond acceptors (Lipinski definition) is 3. The highest BCUT2D eigenvalue weighted by Gasteiger charge is 2.41. The van der Waals surface area contributed by atoms with Gasteiger partial charge >= 0.3 is 0 Å². The molecular formula is C47H58N2O2S. The number of Topliss-reactive ketones (excluding diaryl/α,β-unsaturated/α-hetero) is 1. The summed E-state index contributed by atoms with van der Waals surface area (Å²) in [4.78, 5) is 29.5. The van der Waals surface area contributed by atoms with Crippen LogP contribution >= 0.6 is 12.2 Å².